The van der Waals surface area contributed by atoms with Gasteiger partial charge in [-0.05, 0) is 31.4 Å². The number of nitrogens with one attached hydrogen (secondary N) is 1. The van der Waals surface area contributed by atoms with Gasteiger partial charge in [-0.25, -0.2) is 13.2 Å². The molecule has 2 N–H and O–H groups in total. The van der Waals surface area contributed by atoms with Gasteiger partial charge in [0.1, 0.15) is 0 Å². The first-order chi connectivity index (χ1) is 15.9. The molecule has 3 rings (SSSR count). The zero-order valence-corrected chi connectivity index (χ0v) is 20.0. The highest BCUT2D eigenvalue weighted by Crippen LogP contribution is 2.25. The third-order valence-electron chi connectivity index (χ3n) is 5.95. The van der Waals surface area contributed by atoms with Crippen molar-refractivity contribution >= 4 is 21.9 Å². The number of alkyl halides is 3. The maximum atomic E-state index is 13.3. The molecule has 1 aromatic rings. The molecule has 0 aromatic heterocycles. The predicted molar refractivity (Wildman–Crippen MR) is 121 cm³/mol. The summed E-state index contributed by atoms with van der Waals surface area (Å²) in [5.41, 5.74) is 1.62. The molecule has 1 saturated carbocycles. The average Bonchev–Trinajstić information content (AvgIpc) is 2.80. The standard InChI is InChI=1S/C20H31N3O3S.C2HF3O2/c1-17-7-5-6-10-19(17)20(24)23(18-8-3-2-4-9-18)15-16-27(25,26)22-13-11-21-12-14-22;3-2(4,5)1(6)7/h5-7,10,18,21H,2-4,8-9,11-16H2,1H3;(H,6,7). The lowest BCUT2D eigenvalue weighted by atomic mass is 9.93. The van der Waals surface area contributed by atoms with Crippen LogP contribution >= 0.6 is 0 Å². The molecule has 1 aliphatic heterocycles. The molecule has 8 nitrogen and oxygen atoms in total. The molecule has 1 aliphatic carbocycles. The van der Waals surface area contributed by atoms with Gasteiger partial charge in [0.2, 0.25) is 10.0 Å². The Labute approximate surface area is 198 Å². The number of hydrogen-bond acceptors (Lipinski definition) is 5. The van der Waals surface area contributed by atoms with E-state index in [1.165, 1.54) is 6.42 Å². The van der Waals surface area contributed by atoms with Crippen molar-refractivity contribution in [2.75, 3.05) is 38.5 Å². The normalized spacial score (nSPS) is 18.0. The van der Waals surface area contributed by atoms with Gasteiger partial charge in [-0.1, -0.05) is 37.5 Å². The average molecular weight is 508 g/mol. The van der Waals surface area contributed by atoms with Crippen LogP contribution in [0.1, 0.15) is 48.0 Å². The largest absolute Gasteiger partial charge is 0.490 e. The molecule has 2 aliphatic rings. The van der Waals surface area contributed by atoms with Gasteiger partial charge in [-0.15, -0.1) is 0 Å². The molecular formula is C22H32F3N3O5S. The second kappa shape index (κ2) is 12.5. The fraction of sp³-hybridized carbons (Fsp3) is 0.636. The Kier molecular flexibility index (Phi) is 10.3. The van der Waals surface area contributed by atoms with E-state index in [0.717, 1.165) is 31.2 Å². The number of piperazine rings is 1. The Balaban J connectivity index is 0.000000509. The molecule has 1 aromatic carbocycles. The molecular weight excluding hydrogens is 475 g/mol. The van der Waals surface area contributed by atoms with Crippen molar-refractivity contribution in [3.63, 3.8) is 0 Å². The number of hydrogen-bond donors (Lipinski definition) is 2. The molecule has 2 fully saturated rings. The summed E-state index contributed by atoms with van der Waals surface area (Å²) in [5, 5.41) is 10.3. The number of rotatable bonds is 6. The van der Waals surface area contributed by atoms with Crippen LogP contribution in [0.4, 0.5) is 13.2 Å². The van der Waals surface area contributed by atoms with Crippen molar-refractivity contribution in [2.24, 2.45) is 0 Å². The van der Waals surface area contributed by atoms with Gasteiger partial charge >= 0.3 is 12.1 Å². The van der Waals surface area contributed by atoms with Crippen molar-refractivity contribution in [3.8, 4) is 0 Å². The van der Waals surface area contributed by atoms with Gasteiger partial charge < -0.3 is 15.3 Å². The molecule has 0 unspecified atom stereocenters. The summed E-state index contributed by atoms with van der Waals surface area (Å²) in [7, 11) is -3.34. The third kappa shape index (κ3) is 8.24. The van der Waals surface area contributed by atoms with E-state index >= 15 is 0 Å². The first-order valence-corrected chi connectivity index (χ1v) is 12.9. The van der Waals surface area contributed by atoms with Gasteiger partial charge in [0, 0.05) is 44.3 Å². The molecule has 1 amide bonds. The molecule has 34 heavy (non-hydrogen) atoms. The molecule has 1 heterocycles. The van der Waals surface area contributed by atoms with E-state index in [1.807, 2.05) is 36.1 Å². The maximum absolute atomic E-state index is 13.3. The topological polar surface area (TPSA) is 107 Å². The number of nitrogens with zero attached hydrogens (tertiary/aromatic N) is 2. The van der Waals surface area contributed by atoms with Crippen LogP contribution in [0.25, 0.3) is 0 Å². The molecule has 1 saturated heterocycles. The second-order valence-corrected chi connectivity index (χ2v) is 10.5. The van der Waals surface area contributed by atoms with E-state index in [4.69, 9.17) is 9.90 Å². The Morgan fingerprint density at radius 3 is 2.21 bits per heavy atom. The molecule has 0 radical (unpaired) electrons. The number of carbonyl (C=O) groups is 2. The summed E-state index contributed by atoms with van der Waals surface area (Å²) in [5.74, 6) is -2.79. The Hall–Kier alpha value is -2.18. The van der Waals surface area contributed by atoms with Crippen LogP contribution in [0.15, 0.2) is 24.3 Å². The van der Waals surface area contributed by atoms with Crippen LogP contribution in [-0.2, 0) is 14.8 Å². The van der Waals surface area contributed by atoms with Crippen LogP contribution in [-0.4, -0.2) is 85.3 Å². The number of carbonyl (C=O) groups excluding carboxylic acids is 1. The summed E-state index contributed by atoms with van der Waals surface area (Å²) in [6.45, 7) is 4.60. The van der Waals surface area contributed by atoms with Gasteiger partial charge in [0.05, 0.1) is 5.75 Å². The van der Waals surface area contributed by atoms with Crippen LogP contribution in [0.2, 0.25) is 0 Å². The summed E-state index contributed by atoms with van der Waals surface area (Å²) in [6, 6.07) is 7.72. The van der Waals surface area contributed by atoms with Gasteiger partial charge in [0.15, 0.2) is 0 Å². The first kappa shape index (κ1) is 28.1. The van der Waals surface area contributed by atoms with E-state index in [0.29, 0.717) is 31.7 Å². The quantitative estimate of drug-likeness (QED) is 0.613. The number of halogens is 3. The number of benzene rings is 1. The van der Waals surface area contributed by atoms with E-state index in [9.17, 15) is 26.4 Å². The Morgan fingerprint density at radius 2 is 1.68 bits per heavy atom. The van der Waals surface area contributed by atoms with E-state index in [-0.39, 0.29) is 24.2 Å². The number of sulfonamides is 1. The minimum atomic E-state index is -5.08. The highest BCUT2D eigenvalue weighted by molar-refractivity contribution is 7.89. The van der Waals surface area contributed by atoms with Crippen molar-refractivity contribution < 1.29 is 36.3 Å². The lowest BCUT2D eigenvalue weighted by molar-refractivity contribution is -0.192. The zero-order valence-electron chi connectivity index (χ0n) is 19.2. The SMILES string of the molecule is Cc1ccccc1C(=O)N(CCS(=O)(=O)N1CCNCC1)C1CCCCC1.O=C(O)C(F)(F)F. The van der Waals surface area contributed by atoms with E-state index in [2.05, 4.69) is 5.32 Å². The maximum Gasteiger partial charge on any atom is 0.490 e. The Morgan fingerprint density at radius 1 is 1.12 bits per heavy atom. The molecule has 0 atom stereocenters. The smallest absolute Gasteiger partial charge is 0.475 e. The fourth-order valence-corrected chi connectivity index (χ4v) is 5.50. The third-order valence-corrected chi connectivity index (χ3v) is 7.80. The molecule has 12 heteroatoms. The first-order valence-electron chi connectivity index (χ1n) is 11.3. The highest BCUT2D eigenvalue weighted by atomic mass is 32.2. The van der Waals surface area contributed by atoms with Gasteiger partial charge in [0.25, 0.3) is 5.91 Å². The molecule has 192 valence electrons. The Bertz CT molecular complexity index is 928. The van der Waals surface area contributed by atoms with Crippen LogP contribution < -0.4 is 5.32 Å². The molecule has 0 spiro atoms. The number of amides is 1. The van der Waals surface area contributed by atoms with Crippen LogP contribution in [0, 0.1) is 6.92 Å². The zero-order chi connectivity index (χ0) is 25.4. The number of aliphatic carboxylic acids is 1. The highest BCUT2D eigenvalue weighted by Gasteiger charge is 2.38. The minimum absolute atomic E-state index is 0.00111. The minimum Gasteiger partial charge on any atom is -0.475 e. The van der Waals surface area contributed by atoms with E-state index in [1.54, 1.807) is 4.31 Å². The number of carboxylic acid groups (broad SMARTS) is 1. The van der Waals surface area contributed by atoms with Crippen molar-refractivity contribution in [2.45, 2.75) is 51.2 Å². The monoisotopic (exact) mass is 507 g/mol. The summed E-state index contributed by atoms with van der Waals surface area (Å²) >= 11 is 0. The van der Waals surface area contributed by atoms with Crippen LogP contribution in [0.3, 0.4) is 0 Å². The lowest BCUT2D eigenvalue weighted by Gasteiger charge is -2.35. The van der Waals surface area contributed by atoms with Gasteiger partial charge in [-0.2, -0.15) is 17.5 Å². The van der Waals surface area contributed by atoms with Crippen molar-refractivity contribution in [1.29, 1.82) is 0 Å². The van der Waals surface area contributed by atoms with Gasteiger partial charge in [-0.3, -0.25) is 4.79 Å². The van der Waals surface area contributed by atoms with Crippen LogP contribution in [0.5, 0.6) is 0 Å². The fourth-order valence-electron chi connectivity index (χ4n) is 4.08. The lowest BCUT2D eigenvalue weighted by Crippen LogP contribution is -2.50. The van der Waals surface area contributed by atoms with E-state index < -0.39 is 22.2 Å². The second-order valence-electron chi connectivity index (χ2n) is 8.37. The number of carboxylic acids is 1. The summed E-state index contributed by atoms with van der Waals surface area (Å²) in [4.78, 5) is 24.0. The number of aryl methyl sites for hydroxylation is 1. The predicted octanol–water partition coefficient (Wildman–Crippen LogP) is 2.64. The van der Waals surface area contributed by atoms with Crippen molar-refractivity contribution in [3.05, 3.63) is 35.4 Å². The summed E-state index contributed by atoms with van der Waals surface area (Å²) in [6.07, 6.45) is 0.248. The summed E-state index contributed by atoms with van der Waals surface area (Å²) < 4.78 is 58.8. The van der Waals surface area contributed by atoms with Crippen molar-refractivity contribution in [1.82, 2.24) is 14.5 Å². The molecule has 0 bridgehead atoms.